The van der Waals surface area contributed by atoms with Crippen LogP contribution in [0.25, 0.3) is 0 Å². The monoisotopic (exact) mass is 318 g/mol. The molecular weight excluding hydrogens is 296 g/mol. The topological polar surface area (TPSA) is 92.7 Å². The summed E-state index contributed by atoms with van der Waals surface area (Å²) in [6.45, 7) is 2.05. The first-order valence-corrected chi connectivity index (χ1v) is 6.73. The molecule has 1 aliphatic rings. The zero-order valence-corrected chi connectivity index (χ0v) is 13.1. The van der Waals surface area contributed by atoms with Crippen molar-refractivity contribution >= 4 is 5.97 Å². The first-order valence-electron chi connectivity index (χ1n) is 6.73. The average Bonchev–Trinajstić information content (AvgIpc) is 2.52. The number of hydrogen-bond acceptors (Lipinski definition) is 7. The van der Waals surface area contributed by atoms with Crippen LogP contribution in [-0.2, 0) is 33.2 Å². The van der Waals surface area contributed by atoms with Gasteiger partial charge < -0.3 is 33.5 Å². The zero-order chi connectivity index (χ0) is 16.7. The zero-order valence-electron chi connectivity index (χ0n) is 13.1. The van der Waals surface area contributed by atoms with Crippen molar-refractivity contribution in [3.63, 3.8) is 0 Å². The van der Waals surface area contributed by atoms with Crippen LogP contribution in [-0.4, -0.2) is 76.0 Å². The fraction of sp³-hybridized carbons (Fsp3) is 0.786. The fourth-order valence-corrected chi connectivity index (χ4v) is 2.28. The Kier molecular flexibility index (Phi) is 7.75. The summed E-state index contributed by atoms with van der Waals surface area (Å²) in [5.41, 5.74) is 0. The molecule has 0 bridgehead atoms. The molecule has 1 N–H and O–H groups in total. The minimum atomic E-state index is -1.34. The smallest absolute Gasteiger partial charge is 0.335 e. The summed E-state index contributed by atoms with van der Waals surface area (Å²) in [5.74, 6) is 1.07. The first kappa shape index (κ1) is 18.8. The number of rotatable bonds is 8. The Morgan fingerprint density at radius 3 is 2.27 bits per heavy atom. The van der Waals surface area contributed by atoms with Gasteiger partial charge in [-0.15, -0.1) is 6.42 Å². The summed E-state index contributed by atoms with van der Waals surface area (Å²) in [6.07, 6.45) is -0.413. The van der Waals surface area contributed by atoms with Gasteiger partial charge in [0.05, 0.1) is 0 Å². The Labute approximate surface area is 129 Å². The van der Waals surface area contributed by atoms with E-state index in [0.717, 1.165) is 0 Å². The molecule has 1 fully saturated rings. The van der Waals surface area contributed by atoms with Gasteiger partial charge in [-0.1, -0.05) is 0 Å². The number of aliphatic carboxylic acids is 1. The summed E-state index contributed by atoms with van der Waals surface area (Å²) in [4.78, 5) is 11.5. The van der Waals surface area contributed by atoms with E-state index in [1.807, 2.05) is 0 Å². The molecule has 8 nitrogen and oxygen atoms in total. The Morgan fingerprint density at radius 1 is 1.23 bits per heavy atom. The molecule has 8 heteroatoms. The molecule has 0 amide bonds. The van der Waals surface area contributed by atoms with Crippen molar-refractivity contribution in [2.75, 3.05) is 27.9 Å². The lowest BCUT2D eigenvalue weighted by Gasteiger charge is -2.43. The van der Waals surface area contributed by atoms with Gasteiger partial charge in [-0.25, -0.2) is 4.79 Å². The number of carbonyl (C=O) groups is 1. The largest absolute Gasteiger partial charge is 0.479 e. The van der Waals surface area contributed by atoms with Crippen LogP contribution in [0.3, 0.4) is 0 Å². The number of ether oxygens (including phenoxy) is 6. The number of carboxylic acid groups (broad SMARTS) is 1. The van der Waals surface area contributed by atoms with Gasteiger partial charge in [0, 0.05) is 27.9 Å². The van der Waals surface area contributed by atoms with Crippen LogP contribution in [0.4, 0.5) is 0 Å². The van der Waals surface area contributed by atoms with E-state index >= 15 is 0 Å². The van der Waals surface area contributed by atoms with Gasteiger partial charge in [0.1, 0.15) is 18.3 Å². The molecular formula is C14H22O8. The quantitative estimate of drug-likeness (QED) is 0.488. The van der Waals surface area contributed by atoms with Crippen LogP contribution < -0.4 is 0 Å². The minimum absolute atomic E-state index is 0.312. The third-order valence-electron chi connectivity index (χ3n) is 3.25. The predicted molar refractivity (Wildman–Crippen MR) is 74.0 cm³/mol. The molecule has 1 saturated heterocycles. The second kappa shape index (κ2) is 9.05. The van der Waals surface area contributed by atoms with Crippen LogP contribution in [0.15, 0.2) is 0 Å². The SMILES string of the molecule is C#CC(OCC)O[C@@H]1C(C(=O)O)O[C@H](OC)C(OC)C1OC. The van der Waals surface area contributed by atoms with Gasteiger partial charge in [0.25, 0.3) is 0 Å². The lowest BCUT2D eigenvalue weighted by atomic mass is 9.98. The van der Waals surface area contributed by atoms with Crippen molar-refractivity contribution in [2.45, 2.75) is 43.9 Å². The summed E-state index contributed by atoms with van der Waals surface area (Å²) in [7, 11) is 4.23. The van der Waals surface area contributed by atoms with Gasteiger partial charge in [0.15, 0.2) is 12.4 Å². The molecule has 6 atom stereocenters. The standard InChI is InChI=1S/C14H22O8/c1-6-8(20-7-2)21-10-9(17-3)12(18-4)14(19-5)22-11(10)13(15)16/h1,8-12,14H,7H2,2-5H3,(H,15,16)/t8?,9?,10-,11?,12?,14-/m0/s1. The molecule has 0 aliphatic carbocycles. The lowest BCUT2D eigenvalue weighted by molar-refractivity contribution is -0.316. The van der Waals surface area contributed by atoms with E-state index in [1.54, 1.807) is 6.92 Å². The molecule has 0 saturated carbocycles. The predicted octanol–water partition coefficient (Wildman–Crippen LogP) is -0.147. The minimum Gasteiger partial charge on any atom is -0.479 e. The summed E-state index contributed by atoms with van der Waals surface area (Å²) in [6, 6.07) is 0. The second-order valence-electron chi connectivity index (χ2n) is 4.45. The van der Waals surface area contributed by atoms with E-state index < -0.39 is 43.0 Å². The van der Waals surface area contributed by atoms with Crippen LogP contribution in [0.2, 0.25) is 0 Å². The van der Waals surface area contributed by atoms with E-state index in [1.165, 1.54) is 21.3 Å². The van der Waals surface area contributed by atoms with Gasteiger partial charge in [0.2, 0.25) is 6.29 Å². The highest BCUT2D eigenvalue weighted by atomic mass is 16.7. The van der Waals surface area contributed by atoms with Crippen LogP contribution in [0.1, 0.15) is 6.92 Å². The van der Waals surface area contributed by atoms with Crippen molar-refractivity contribution in [3.8, 4) is 12.3 Å². The maximum Gasteiger partial charge on any atom is 0.335 e. The Hall–Kier alpha value is -1.21. The number of terminal acetylenes is 1. The molecule has 1 heterocycles. The highest BCUT2D eigenvalue weighted by Gasteiger charge is 2.51. The summed E-state index contributed by atoms with van der Waals surface area (Å²) in [5, 5.41) is 9.36. The molecule has 0 aromatic heterocycles. The van der Waals surface area contributed by atoms with Gasteiger partial charge in [-0.3, -0.25) is 0 Å². The molecule has 1 rings (SSSR count). The lowest BCUT2D eigenvalue weighted by Crippen LogP contribution is -2.62. The Bertz CT molecular complexity index is 393. The maximum absolute atomic E-state index is 11.5. The van der Waals surface area contributed by atoms with E-state index in [2.05, 4.69) is 5.92 Å². The number of carboxylic acids is 1. The molecule has 4 unspecified atom stereocenters. The van der Waals surface area contributed by atoms with Crippen LogP contribution in [0.5, 0.6) is 0 Å². The fourth-order valence-electron chi connectivity index (χ4n) is 2.28. The second-order valence-corrected chi connectivity index (χ2v) is 4.45. The first-order chi connectivity index (χ1) is 10.5. The normalized spacial score (nSPS) is 33.1. The van der Waals surface area contributed by atoms with Gasteiger partial charge >= 0.3 is 5.97 Å². The van der Waals surface area contributed by atoms with Crippen molar-refractivity contribution in [1.29, 1.82) is 0 Å². The number of hydrogen-bond donors (Lipinski definition) is 1. The maximum atomic E-state index is 11.5. The van der Waals surface area contributed by atoms with Crippen LogP contribution >= 0.6 is 0 Å². The third-order valence-corrected chi connectivity index (χ3v) is 3.25. The summed E-state index contributed by atoms with van der Waals surface area (Å²) < 4.78 is 31.9. The summed E-state index contributed by atoms with van der Waals surface area (Å²) >= 11 is 0. The Balaban J connectivity index is 3.04. The van der Waals surface area contributed by atoms with Crippen molar-refractivity contribution in [2.24, 2.45) is 0 Å². The van der Waals surface area contributed by atoms with E-state index in [0.29, 0.717) is 6.61 Å². The molecule has 0 spiro atoms. The molecule has 0 aromatic rings. The number of methoxy groups -OCH3 is 3. The van der Waals surface area contributed by atoms with Gasteiger partial charge in [-0.05, 0) is 12.8 Å². The van der Waals surface area contributed by atoms with Gasteiger partial charge in [-0.2, -0.15) is 0 Å². The third kappa shape index (κ3) is 4.16. The van der Waals surface area contributed by atoms with Crippen molar-refractivity contribution in [1.82, 2.24) is 0 Å². The highest BCUT2D eigenvalue weighted by Crippen LogP contribution is 2.29. The van der Waals surface area contributed by atoms with Crippen LogP contribution in [0, 0.1) is 12.3 Å². The van der Waals surface area contributed by atoms with E-state index in [-0.39, 0.29) is 0 Å². The van der Waals surface area contributed by atoms with Crippen molar-refractivity contribution < 1.29 is 38.3 Å². The molecule has 126 valence electrons. The molecule has 0 radical (unpaired) electrons. The Morgan fingerprint density at radius 2 is 1.86 bits per heavy atom. The average molecular weight is 318 g/mol. The molecule has 0 aromatic carbocycles. The van der Waals surface area contributed by atoms with E-state index in [9.17, 15) is 9.90 Å². The van der Waals surface area contributed by atoms with Crippen molar-refractivity contribution in [3.05, 3.63) is 0 Å². The molecule has 1 aliphatic heterocycles. The molecule has 22 heavy (non-hydrogen) atoms. The van der Waals surface area contributed by atoms with E-state index in [4.69, 9.17) is 34.8 Å². The highest BCUT2D eigenvalue weighted by molar-refractivity contribution is 5.73.